The largest absolute Gasteiger partial charge is 0.396 e. The number of H-pyrrole nitrogens is 1. The molecule has 1 fully saturated rings. The topological polar surface area (TPSA) is 39.3 Å². The van der Waals surface area contributed by atoms with Crippen LogP contribution >= 0.6 is 0 Å². The van der Waals surface area contributed by atoms with E-state index in [1.807, 2.05) is 0 Å². The van der Waals surface area contributed by atoms with Crippen LogP contribution in [-0.4, -0.2) is 40.7 Å². The second kappa shape index (κ2) is 5.15. The maximum atomic E-state index is 9.68. The Labute approximate surface area is 126 Å². The average Bonchev–Trinajstić information content (AvgIpc) is 2.93. The lowest BCUT2D eigenvalue weighted by Crippen LogP contribution is -2.50. The monoisotopic (exact) mass is 284 g/mol. The summed E-state index contributed by atoms with van der Waals surface area (Å²) < 4.78 is 0. The van der Waals surface area contributed by atoms with Crippen LogP contribution in [0.3, 0.4) is 0 Å². The predicted octanol–water partition coefficient (Wildman–Crippen LogP) is 2.90. The van der Waals surface area contributed by atoms with E-state index in [9.17, 15) is 5.11 Å². The molecule has 0 spiro atoms. The number of fused-ring (bicyclic) bond motifs is 2. The summed E-state index contributed by atoms with van der Waals surface area (Å²) in [5.41, 5.74) is 4.25. The number of benzene rings is 1. The van der Waals surface area contributed by atoms with Gasteiger partial charge in [0.05, 0.1) is 0 Å². The van der Waals surface area contributed by atoms with Crippen molar-refractivity contribution in [1.29, 1.82) is 0 Å². The van der Waals surface area contributed by atoms with Crippen LogP contribution in [-0.2, 0) is 6.42 Å². The molecule has 112 valence electrons. The Balaban J connectivity index is 1.79. The summed E-state index contributed by atoms with van der Waals surface area (Å²) in [7, 11) is 0. The van der Waals surface area contributed by atoms with Crippen LogP contribution in [0.5, 0.6) is 0 Å². The molecule has 1 aromatic heterocycles. The number of hydrogen-bond acceptors (Lipinski definition) is 2. The number of aromatic nitrogens is 1. The third-order valence-electron chi connectivity index (χ3n) is 5.43. The van der Waals surface area contributed by atoms with E-state index in [1.165, 1.54) is 28.5 Å². The molecule has 3 nitrogen and oxygen atoms in total. The van der Waals surface area contributed by atoms with Gasteiger partial charge in [0.15, 0.2) is 0 Å². The lowest BCUT2D eigenvalue weighted by Gasteiger charge is -2.47. The van der Waals surface area contributed by atoms with Gasteiger partial charge in [-0.05, 0) is 48.9 Å². The fourth-order valence-corrected chi connectivity index (χ4v) is 4.58. The summed E-state index contributed by atoms with van der Waals surface area (Å²) >= 11 is 0. The van der Waals surface area contributed by atoms with E-state index in [0.29, 0.717) is 24.5 Å². The summed E-state index contributed by atoms with van der Waals surface area (Å²) in [4.78, 5) is 6.06. The first-order valence-electron chi connectivity index (χ1n) is 8.25. The number of hydrogen-bond donors (Lipinski definition) is 2. The van der Waals surface area contributed by atoms with Crippen LogP contribution in [0.1, 0.15) is 36.8 Å². The summed E-state index contributed by atoms with van der Waals surface area (Å²) in [6, 6.07) is 7.27. The normalized spacial score (nSPS) is 28.8. The number of aliphatic hydroxyl groups is 1. The van der Waals surface area contributed by atoms with Gasteiger partial charge >= 0.3 is 0 Å². The predicted molar refractivity (Wildman–Crippen MR) is 85.6 cm³/mol. The lowest BCUT2D eigenvalue weighted by atomic mass is 9.72. The molecule has 2 aliphatic rings. The quantitative estimate of drug-likeness (QED) is 0.909. The van der Waals surface area contributed by atoms with Crippen LogP contribution in [0, 0.1) is 5.92 Å². The van der Waals surface area contributed by atoms with Crippen molar-refractivity contribution in [3.8, 4) is 0 Å². The van der Waals surface area contributed by atoms with Gasteiger partial charge in [-0.2, -0.15) is 0 Å². The Bertz CT molecular complexity index is 648. The molecular formula is C18H24N2O. The van der Waals surface area contributed by atoms with Crippen molar-refractivity contribution in [2.24, 2.45) is 5.92 Å². The molecule has 3 heteroatoms. The van der Waals surface area contributed by atoms with E-state index < -0.39 is 0 Å². The molecule has 2 heterocycles. The van der Waals surface area contributed by atoms with E-state index in [1.54, 1.807) is 0 Å². The van der Waals surface area contributed by atoms with Gasteiger partial charge in [-0.15, -0.1) is 0 Å². The highest BCUT2D eigenvalue weighted by atomic mass is 16.3. The zero-order chi connectivity index (χ0) is 14.4. The zero-order valence-corrected chi connectivity index (χ0v) is 12.7. The molecule has 0 bridgehead atoms. The second-order valence-electron chi connectivity index (χ2n) is 6.74. The van der Waals surface area contributed by atoms with E-state index in [4.69, 9.17) is 0 Å². The molecule has 1 aliphatic heterocycles. The fraction of sp³-hybridized carbons (Fsp3) is 0.556. The van der Waals surface area contributed by atoms with Crippen molar-refractivity contribution in [1.82, 2.24) is 9.88 Å². The van der Waals surface area contributed by atoms with Gasteiger partial charge in [-0.3, -0.25) is 4.90 Å². The number of piperidine rings is 1. The molecule has 1 aliphatic carbocycles. The van der Waals surface area contributed by atoms with Crippen LogP contribution in [0.15, 0.2) is 24.4 Å². The number of aliphatic hydroxyl groups excluding tert-OH is 1. The smallest absolute Gasteiger partial charge is 0.0471 e. The van der Waals surface area contributed by atoms with Gasteiger partial charge < -0.3 is 10.1 Å². The van der Waals surface area contributed by atoms with Crippen molar-refractivity contribution in [3.05, 3.63) is 35.5 Å². The maximum Gasteiger partial charge on any atom is 0.0471 e. The highest BCUT2D eigenvalue weighted by Crippen LogP contribution is 2.44. The number of likely N-dealkylation sites (tertiary alicyclic amines) is 1. The van der Waals surface area contributed by atoms with Crippen molar-refractivity contribution in [3.63, 3.8) is 0 Å². The van der Waals surface area contributed by atoms with E-state index in [2.05, 4.69) is 41.2 Å². The highest BCUT2D eigenvalue weighted by Gasteiger charge is 2.40. The average molecular weight is 284 g/mol. The Kier molecular flexibility index (Phi) is 3.27. The van der Waals surface area contributed by atoms with Gasteiger partial charge in [0.1, 0.15) is 0 Å². The minimum absolute atomic E-state index is 0.319. The fourth-order valence-electron chi connectivity index (χ4n) is 4.58. The third kappa shape index (κ3) is 2.02. The number of aromatic amines is 1. The number of rotatable bonds is 3. The van der Waals surface area contributed by atoms with Crippen molar-refractivity contribution in [2.45, 2.75) is 38.1 Å². The molecule has 2 N–H and O–H groups in total. The molecule has 3 atom stereocenters. The van der Waals surface area contributed by atoms with Crippen LogP contribution in [0.2, 0.25) is 0 Å². The molecule has 21 heavy (non-hydrogen) atoms. The SMILES string of the molecule is CCCN1CC(CO)C[C@H]2c3cccc4[nH]cc(c34)C[C@@H]21. The molecule has 4 rings (SSSR count). The van der Waals surface area contributed by atoms with E-state index in [-0.39, 0.29) is 0 Å². The van der Waals surface area contributed by atoms with Crippen molar-refractivity contribution in [2.75, 3.05) is 19.7 Å². The Hall–Kier alpha value is -1.32. The van der Waals surface area contributed by atoms with Crippen LogP contribution in [0.25, 0.3) is 10.9 Å². The molecule has 1 saturated heterocycles. The lowest BCUT2D eigenvalue weighted by molar-refractivity contribution is 0.0572. The summed E-state index contributed by atoms with van der Waals surface area (Å²) in [6.07, 6.45) is 5.67. The van der Waals surface area contributed by atoms with Crippen LogP contribution in [0.4, 0.5) is 0 Å². The molecule has 2 aromatic rings. The molecule has 1 unspecified atom stereocenters. The molecule has 0 saturated carbocycles. The van der Waals surface area contributed by atoms with Crippen molar-refractivity contribution >= 4 is 10.9 Å². The molecular weight excluding hydrogens is 260 g/mol. The zero-order valence-electron chi connectivity index (χ0n) is 12.7. The van der Waals surface area contributed by atoms with Crippen molar-refractivity contribution < 1.29 is 5.11 Å². The highest BCUT2D eigenvalue weighted by molar-refractivity contribution is 5.88. The van der Waals surface area contributed by atoms with Gasteiger partial charge in [0, 0.05) is 42.2 Å². The third-order valence-corrected chi connectivity index (χ3v) is 5.43. The Morgan fingerprint density at radius 1 is 1.38 bits per heavy atom. The Morgan fingerprint density at radius 2 is 2.29 bits per heavy atom. The first-order chi connectivity index (χ1) is 10.3. The summed E-state index contributed by atoms with van der Waals surface area (Å²) in [6.45, 7) is 4.77. The standard InChI is InChI=1S/C18H24N2O/c1-2-6-20-10-12(11-21)7-15-14-4-3-5-16-18(14)13(9-19-16)8-17(15)20/h3-5,9,12,15,17,19,21H,2,6-8,10-11H2,1H3/t12?,15-,17-/m0/s1. The summed E-state index contributed by atoms with van der Waals surface area (Å²) in [5, 5.41) is 11.1. The minimum atomic E-state index is 0.319. The van der Waals surface area contributed by atoms with E-state index >= 15 is 0 Å². The van der Waals surface area contributed by atoms with Gasteiger partial charge in [-0.25, -0.2) is 0 Å². The number of nitrogens with zero attached hydrogens (tertiary/aromatic N) is 1. The second-order valence-corrected chi connectivity index (χ2v) is 6.74. The number of nitrogens with one attached hydrogen (secondary N) is 1. The molecule has 0 radical (unpaired) electrons. The first kappa shape index (κ1) is 13.4. The maximum absolute atomic E-state index is 9.68. The van der Waals surface area contributed by atoms with Gasteiger partial charge in [-0.1, -0.05) is 19.1 Å². The van der Waals surface area contributed by atoms with Gasteiger partial charge in [0.2, 0.25) is 0 Å². The van der Waals surface area contributed by atoms with E-state index in [0.717, 1.165) is 25.9 Å². The first-order valence-corrected chi connectivity index (χ1v) is 8.25. The molecule has 1 aromatic carbocycles. The Morgan fingerprint density at radius 3 is 3.10 bits per heavy atom. The van der Waals surface area contributed by atoms with Gasteiger partial charge in [0.25, 0.3) is 0 Å². The summed E-state index contributed by atoms with van der Waals surface area (Å²) in [5.74, 6) is 1.00. The minimum Gasteiger partial charge on any atom is -0.396 e. The van der Waals surface area contributed by atoms with Crippen LogP contribution < -0.4 is 0 Å². The molecule has 0 amide bonds.